The molecule has 0 aromatic heterocycles. The Bertz CT molecular complexity index is 199. The van der Waals surface area contributed by atoms with Gasteiger partial charge in [-0.1, -0.05) is 27.2 Å². The highest BCUT2D eigenvalue weighted by Crippen LogP contribution is 2.20. The van der Waals surface area contributed by atoms with Crippen LogP contribution in [0.4, 0.5) is 0 Å². The van der Waals surface area contributed by atoms with Crippen molar-refractivity contribution in [2.75, 3.05) is 13.6 Å². The summed E-state index contributed by atoms with van der Waals surface area (Å²) >= 11 is 0. The second-order valence-corrected chi connectivity index (χ2v) is 5.17. The molecule has 1 unspecified atom stereocenters. The lowest BCUT2D eigenvalue weighted by Gasteiger charge is -2.29. The average Bonchev–Trinajstić information content (AvgIpc) is 2.14. The number of hydrogen-bond acceptors (Lipinski definition) is 2. The number of nitrogens with two attached hydrogens (primary N) is 1. The molecule has 0 radical (unpaired) electrons. The second kappa shape index (κ2) is 6.11. The standard InChI is InChI=1S/C12H27N3/c1-6-7-10(2)15(5)9-8-12(3,4)11(13)14/h10H,6-9H2,1-5H3,(H3,13,14). The fourth-order valence-corrected chi connectivity index (χ4v) is 1.45. The van der Waals surface area contributed by atoms with Gasteiger partial charge >= 0.3 is 0 Å². The predicted octanol–water partition coefficient (Wildman–Crippen LogP) is 2.46. The molecule has 0 rings (SSSR count). The Balaban J connectivity index is 3.99. The first-order chi connectivity index (χ1) is 6.81. The Kier molecular flexibility index (Phi) is 5.88. The number of nitrogens with zero attached hydrogens (tertiary/aromatic N) is 1. The average molecular weight is 213 g/mol. The smallest absolute Gasteiger partial charge is 0.0963 e. The van der Waals surface area contributed by atoms with Crippen molar-refractivity contribution in [3.05, 3.63) is 0 Å². The molecule has 0 amide bonds. The van der Waals surface area contributed by atoms with E-state index in [-0.39, 0.29) is 5.41 Å². The molecule has 0 aliphatic rings. The maximum atomic E-state index is 7.49. The van der Waals surface area contributed by atoms with Crippen LogP contribution in [0.25, 0.3) is 0 Å². The van der Waals surface area contributed by atoms with E-state index in [0.717, 1.165) is 13.0 Å². The van der Waals surface area contributed by atoms with Crippen molar-refractivity contribution in [1.29, 1.82) is 5.41 Å². The van der Waals surface area contributed by atoms with Gasteiger partial charge in [-0.2, -0.15) is 0 Å². The molecular formula is C12H27N3. The third-order valence-corrected chi connectivity index (χ3v) is 3.28. The van der Waals surface area contributed by atoms with Gasteiger partial charge in [-0.3, -0.25) is 5.41 Å². The molecule has 3 nitrogen and oxygen atoms in total. The molecule has 0 aromatic rings. The molecule has 0 saturated carbocycles. The van der Waals surface area contributed by atoms with Crippen molar-refractivity contribution in [3.8, 4) is 0 Å². The third kappa shape index (κ3) is 5.17. The molecule has 0 aromatic carbocycles. The van der Waals surface area contributed by atoms with Gasteiger partial charge in [0.2, 0.25) is 0 Å². The largest absolute Gasteiger partial charge is 0.387 e. The Morgan fingerprint density at radius 3 is 2.40 bits per heavy atom. The fourth-order valence-electron chi connectivity index (χ4n) is 1.45. The zero-order valence-corrected chi connectivity index (χ0v) is 10.9. The first-order valence-electron chi connectivity index (χ1n) is 5.86. The molecule has 0 spiro atoms. The summed E-state index contributed by atoms with van der Waals surface area (Å²) in [7, 11) is 2.15. The van der Waals surface area contributed by atoms with Crippen LogP contribution in [0.5, 0.6) is 0 Å². The number of nitrogens with one attached hydrogen (secondary N) is 1. The van der Waals surface area contributed by atoms with Crippen molar-refractivity contribution in [2.24, 2.45) is 11.1 Å². The van der Waals surface area contributed by atoms with Crippen molar-refractivity contribution in [2.45, 2.75) is 53.0 Å². The van der Waals surface area contributed by atoms with Gasteiger partial charge in [0.15, 0.2) is 0 Å². The summed E-state index contributed by atoms with van der Waals surface area (Å²) < 4.78 is 0. The zero-order chi connectivity index (χ0) is 12.1. The van der Waals surface area contributed by atoms with Crippen LogP contribution in [-0.4, -0.2) is 30.4 Å². The molecule has 1 atom stereocenters. The van der Waals surface area contributed by atoms with Gasteiger partial charge in [-0.05, 0) is 33.4 Å². The summed E-state index contributed by atoms with van der Waals surface area (Å²) in [6, 6.07) is 0.623. The fraction of sp³-hybridized carbons (Fsp3) is 0.917. The maximum Gasteiger partial charge on any atom is 0.0963 e. The molecule has 0 aliphatic heterocycles. The normalized spacial score (nSPS) is 14.3. The van der Waals surface area contributed by atoms with Crippen LogP contribution in [0.3, 0.4) is 0 Å². The molecule has 0 aliphatic carbocycles. The number of hydrogen-bond donors (Lipinski definition) is 2. The Morgan fingerprint density at radius 2 is 2.00 bits per heavy atom. The molecule has 0 saturated heterocycles. The van der Waals surface area contributed by atoms with Crippen LogP contribution >= 0.6 is 0 Å². The van der Waals surface area contributed by atoms with Crippen LogP contribution in [0.15, 0.2) is 0 Å². The predicted molar refractivity (Wildman–Crippen MR) is 67.3 cm³/mol. The molecule has 0 bridgehead atoms. The second-order valence-electron chi connectivity index (χ2n) is 5.17. The van der Waals surface area contributed by atoms with Crippen molar-refractivity contribution < 1.29 is 0 Å². The van der Waals surface area contributed by atoms with Gasteiger partial charge in [-0.15, -0.1) is 0 Å². The summed E-state index contributed by atoms with van der Waals surface area (Å²) in [5.41, 5.74) is 5.39. The van der Waals surface area contributed by atoms with E-state index in [4.69, 9.17) is 11.1 Å². The zero-order valence-electron chi connectivity index (χ0n) is 10.9. The van der Waals surface area contributed by atoms with Crippen LogP contribution in [-0.2, 0) is 0 Å². The number of amidine groups is 1. The van der Waals surface area contributed by atoms with Gasteiger partial charge in [0.1, 0.15) is 0 Å². The van der Waals surface area contributed by atoms with Gasteiger partial charge < -0.3 is 10.6 Å². The van der Waals surface area contributed by atoms with E-state index < -0.39 is 0 Å². The minimum Gasteiger partial charge on any atom is -0.387 e. The maximum absolute atomic E-state index is 7.49. The van der Waals surface area contributed by atoms with Crippen LogP contribution in [0, 0.1) is 10.8 Å². The third-order valence-electron chi connectivity index (χ3n) is 3.28. The first-order valence-corrected chi connectivity index (χ1v) is 5.86. The van der Waals surface area contributed by atoms with Crippen LogP contribution in [0.1, 0.15) is 47.0 Å². The molecule has 15 heavy (non-hydrogen) atoms. The van der Waals surface area contributed by atoms with Crippen molar-refractivity contribution in [3.63, 3.8) is 0 Å². The van der Waals surface area contributed by atoms with Crippen LogP contribution < -0.4 is 5.73 Å². The molecule has 3 N–H and O–H groups in total. The first kappa shape index (κ1) is 14.4. The highest BCUT2D eigenvalue weighted by Gasteiger charge is 2.22. The topological polar surface area (TPSA) is 53.1 Å². The molecule has 0 fully saturated rings. The SMILES string of the molecule is CCCC(C)N(C)CCC(C)(C)C(=N)N. The van der Waals surface area contributed by atoms with Crippen molar-refractivity contribution >= 4 is 5.84 Å². The summed E-state index contributed by atoms with van der Waals surface area (Å²) in [5, 5.41) is 7.49. The Morgan fingerprint density at radius 1 is 1.47 bits per heavy atom. The van der Waals surface area contributed by atoms with Gasteiger partial charge in [0.05, 0.1) is 5.84 Å². The summed E-state index contributed by atoms with van der Waals surface area (Å²) in [5.74, 6) is 0.291. The van der Waals surface area contributed by atoms with E-state index in [1.54, 1.807) is 0 Å². The van der Waals surface area contributed by atoms with Gasteiger partial charge in [-0.25, -0.2) is 0 Å². The van der Waals surface area contributed by atoms with Crippen LogP contribution in [0.2, 0.25) is 0 Å². The summed E-state index contributed by atoms with van der Waals surface area (Å²) in [6.45, 7) is 9.54. The van der Waals surface area contributed by atoms with Gasteiger partial charge in [0.25, 0.3) is 0 Å². The Hall–Kier alpha value is -0.570. The van der Waals surface area contributed by atoms with E-state index in [1.807, 2.05) is 13.8 Å². The molecular weight excluding hydrogens is 186 g/mol. The lowest BCUT2D eigenvalue weighted by Crippen LogP contribution is -2.37. The van der Waals surface area contributed by atoms with E-state index in [9.17, 15) is 0 Å². The Labute approximate surface area is 94.5 Å². The lowest BCUT2D eigenvalue weighted by atomic mass is 9.88. The highest BCUT2D eigenvalue weighted by atomic mass is 15.1. The minimum atomic E-state index is -0.166. The number of rotatable bonds is 7. The monoisotopic (exact) mass is 213 g/mol. The quantitative estimate of drug-likeness (QED) is 0.504. The van der Waals surface area contributed by atoms with Crippen molar-refractivity contribution in [1.82, 2.24) is 4.90 Å². The van der Waals surface area contributed by atoms with E-state index in [1.165, 1.54) is 12.8 Å². The van der Waals surface area contributed by atoms with E-state index >= 15 is 0 Å². The molecule has 3 heteroatoms. The lowest BCUT2D eigenvalue weighted by molar-refractivity contribution is 0.222. The summed E-state index contributed by atoms with van der Waals surface area (Å²) in [6.07, 6.45) is 3.41. The molecule has 90 valence electrons. The summed E-state index contributed by atoms with van der Waals surface area (Å²) in [4.78, 5) is 2.36. The minimum absolute atomic E-state index is 0.166. The van der Waals surface area contributed by atoms with E-state index in [0.29, 0.717) is 11.9 Å². The molecule has 0 heterocycles. The van der Waals surface area contributed by atoms with E-state index in [2.05, 4.69) is 25.8 Å². The highest BCUT2D eigenvalue weighted by molar-refractivity contribution is 5.82. The van der Waals surface area contributed by atoms with Gasteiger partial charge in [0, 0.05) is 11.5 Å².